The van der Waals surface area contributed by atoms with Gasteiger partial charge in [0.15, 0.2) is 22.7 Å². The first-order valence-electron chi connectivity index (χ1n) is 12.7. The fourth-order valence-electron chi connectivity index (χ4n) is 4.77. The van der Waals surface area contributed by atoms with Crippen LogP contribution >= 0.6 is 0 Å². The van der Waals surface area contributed by atoms with Crippen LogP contribution < -0.4 is 5.32 Å². The van der Waals surface area contributed by atoms with Crippen molar-refractivity contribution in [1.82, 2.24) is 19.5 Å². The summed E-state index contributed by atoms with van der Waals surface area (Å²) in [6, 6.07) is 30.3. The van der Waals surface area contributed by atoms with E-state index in [1.807, 2.05) is 61.5 Å². The molecule has 5 aromatic rings. The zero-order chi connectivity index (χ0) is 26.4. The van der Waals surface area contributed by atoms with Gasteiger partial charge >= 0.3 is 0 Å². The molecule has 0 spiro atoms. The predicted molar refractivity (Wildman–Crippen MR) is 150 cm³/mol. The van der Waals surface area contributed by atoms with Gasteiger partial charge in [0.2, 0.25) is 0 Å². The molecule has 0 saturated heterocycles. The van der Waals surface area contributed by atoms with E-state index in [1.54, 1.807) is 17.0 Å². The second-order valence-corrected chi connectivity index (χ2v) is 9.08. The molecule has 0 radical (unpaired) electrons. The average molecular weight is 506 g/mol. The molecule has 7 nitrogen and oxygen atoms in total. The lowest BCUT2D eigenvalue weighted by atomic mass is 9.80. The highest BCUT2D eigenvalue weighted by Gasteiger charge is 2.41. The van der Waals surface area contributed by atoms with Crippen molar-refractivity contribution in [2.45, 2.75) is 24.7 Å². The topological polar surface area (TPSA) is 85.1 Å². The number of aliphatic hydroxyl groups is 1. The normalized spacial score (nSPS) is 13.2. The van der Waals surface area contributed by atoms with Crippen LogP contribution in [0.1, 0.15) is 30.0 Å². The number of fused-ring (bicyclic) bond motifs is 1. The molecule has 0 aliphatic carbocycles. The molecule has 0 bridgehead atoms. The van der Waals surface area contributed by atoms with Crippen LogP contribution in [-0.4, -0.2) is 37.8 Å². The molecule has 2 aromatic heterocycles. The lowest BCUT2D eigenvalue weighted by Gasteiger charge is -2.39. The summed E-state index contributed by atoms with van der Waals surface area (Å²) in [5.74, 6) is 0.584. The maximum absolute atomic E-state index is 12.1. The summed E-state index contributed by atoms with van der Waals surface area (Å²) in [7, 11) is 0. The maximum atomic E-state index is 12.1. The van der Waals surface area contributed by atoms with E-state index >= 15 is 0 Å². The van der Waals surface area contributed by atoms with Gasteiger partial charge in [0.1, 0.15) is 11.9 Å². The molecule has 3 aromatic carbocycles. The number of hydrogen-bond acceptors (Lipinski definition) is 6. The van der Waals surface area contributed by atoms with Gasteiger partial charge in [0.05, 0.1) is 12.9 Å². The molecular weight excluding hydrogens is 474 g/mol. The van der Waals surface area contributed by atoms with Crippen molar-refractivity contribution in [3.8, 4) is 0 Å². The Morgan fingerprint density at radius 2 is 1.42 bits per heavy atom. The zero-order valence-electron chi connectivity index (χ0n) is 21.4. The summed E-state index contributed by atoms with van der Waals surface area (Å²) in [6.45, 7) is 6.18. The molecule has 7 heteroatoms. The number of benzene rings is 3. The number of aromatic nitrogens is 4. The highest BCUT2D eigenvalue weighted by Crippen LogP contribution is 2.41. The molecule has 1 unspecified atom stereocenters. The molecule has 0 fully saturated rings. The van der Waals surface area contributed by atoms with Crippen molar-refractivity contribution in [1.29, 1.82) is 0 Å². The molecule has 38 heavy (non-hydrogen) atoms. The summed E-state index contributed by atoms with van der Waals surface area (Å²) in [5.41, 5.74) is 1.59. The number of nitrogens with zero attached hydrogens (tertiary/aromatic N) is 4. The molecule has 0 saturated carbocycles. The quantitative estimate of drug-likeness (QED) is 0.182. The molecule has 0 amide bonds. The van der Waals surface area contributed by atoms with E-state index < -0.39 is 11.3 Å². The Morgan fingerprint density at radius 3 is 1.92 bits per heavy atom. The van der Waals surface area contributed by atoms with Gasteiger partial charge < -0.3 is 15.2 Å². The minimum absolute atomic E-state index is 0.0208. The molecule has 192 valence electrons. The third-order valence-electron chi connectivity index (χ3n) is 6.82. The summed E-state index contributed by atoms with van der Waals surface area (Å²) in [5, 5.41) is 15.2. The molecule has 2 heterocycles. The Morgan fingerprint density at radius 1 is 0.868 bits per heavy atom. The van der Waals surface area contributed by atoms with Crippen molar-refractivity contribution >= 4 is 17.0 Å². The lowest BCUT2D eigenvalue weighted by molar-refractivity contribution is -0.136. The molecule has 5 rings (SSSR count). The van der Waals surface area contributed by atoms with Crippen LogP contribution in [0.25, 0.3) is 11.2 Å². The number of nitrogens with one attached hydrogen (secondary N) is 1. The van der Waals surface area contributed by atoms with E-state index in [9.17, 15) is 5.11 Å². The average Bonchev–Trinajstić information content (AvgIpc) is 3.44. The number of rotatable bonds is 11. The van der Waals surface area contributed by atoms with Crippen LogP contribution in [0.15, 0.2) is 116 Å². The monoisotopic (exact) mass is 505 g/mol. The van der Waals surface area contributed by atoms with Gasteiger partial charge in [-0.25, -0.2) is 15.0 Å². The molecule has 2 N–H and O–H groups in total. The number of hydrogen-bond donors (Lipinski definition) is 2. The second kappa shape index (κ2) is 11.0. The van der Waals surface area contributed by atoms with Gasteiger partial charge in [0.25, 0.3) is 0 Å². The predicted octanol–water partition coefficient (Wildman–Crippen LogP) is 5.49. The number of imidazole rings is 1. The fraction of sp³-hybridized carbons (Fsp3) is 0.194. The summed E-state index contributed by atoms with van der Waals surface area (Å²) in [6.07, 6.45) is 5.18. The largest absolute Gasteiger partial charge is 0.368 e. The highest BCUT2D eigenvalue weighted by atomic mass is 16.5. The van der Waals surface area contributed by atoms with E-state index in [-0.39, 0.29) is 6.61 Å². The third-order valence-corrected chi connectivity index (χ3v) is 6.82. The Bertz CT molecular complexity index is 1390. The minimum Gasteiger partial charge on any atom is -0.368 e. The standard InChI is InChI=1S/C31H31N5O2/c1-3-20-32-28-27-29(34-22-33-28)36(23-35-27)30(37,4-2)21-38-31(24-14-8-5-9-15-24,25-16-10-6-11-17-25)26-18-12-7-13-19-26/h3,5-19,22-23,37H,1,4,20-21H2,2H3,(H,32,33,34). The van der Waals surface area contributed by atoms with Crippen LogP contribution in [0.3, 0.4) is 0 Å². The molecule has 0 aliphatic heterocycles. The third kappa shape index (κ3) is 4.58. The van der Waals surface area contributed by atoms with E-state index in [2.05, 4.69) is 63.2 Å². The number of ether oxygens (including phenoxy) is 1. The Labute approximate surface area is 222 Å². The highest BCUT2D eigenvalue weighted by molar-refractivity contribution is 5.82. The molecule has 0 aliphatic rings. The Kier molecular flexibility index (Phi) is 7.31. The minimum atomic E-state index is -1.43. The smallest absolute Gasteiger partial charge is 0.167 e. The second-order valence-electron chi connectivity index (χ2n) is 9.08. The summed E-state index contributed by atoms with van der Waals surface area (Å²) in [4.78, 5) is 13.3. The van der Waals surface area contributed by atoms with Gasteiger partial charge in [0, 0.05) is 6.54 Å². The van der Waals surface area contributed by atoms with Crippen LogP contribution in [0, 0.1) is 0 Å². The van der Waals surface area contributed by atoms with Gasteiger partial charge in [-0.2, -0.15) is 0 Å². The first-order valence-corrected chi connectivity index (χ1v) is 12.7. The van der Waals surface area contributed by atoms with Crippen LogP contribution in [0.5, 0.6) is 0 Å². The van der Waals surface area contributed by atoms with Gasteiger partial charge in [-0.3, -0.25) is 4.57 Å². The van der Waals surface area contributed by atoms with Crippen molar-refractivity contribution in [3.63, 3.8) is 0 Å². The summed E-state index contributed by atoms with van der Waals surface area (Å²) >= 11 is 0. The van der Waals surface area contributed by atoms with Gasteiger partial charge in [-0.1, -0.05) is 104 Å². The zero-order valence-corrected chi connectivity index (χ0v) is 21.4. The van der Waals surface area contributed by atoms with Crippen LogP contribution in [0.4, 0.5) is 5.82 Å². The lowest BCUT2D eigenvalue weighted by Crippen LogP contribution is -2.43. The van der Waals surface area contributed by atoms with E-state index in [4.69, 9.17) is 4.74 Å². The summed E-state index contributed by atoms with van der Waals surface area (Å²) < 4.78 is 8.62. The SMILES string of the molecule is C=CCNc1ncnc2c1ncn2C(O)(CC)COC(c1ccccc1)(c1ccccc1)c1ccccc1. The van der Waals surface area contributed by atoms with E-state index in [0.717, 1.165) is 16.7 Å². The molecular formula is C31H31N5O2. The first-order chi connectivity index (χ1) is 18.6. The van der Waals surface area contributed by atoms with Crippen LogP contribution in [0.2, 0.25) is 0 Å². The van der Waals surface area contributed by atoms with E-state index in [1.165, 1.54) is 6.33 Å². The van der Waals surface area contributed by atoms with Gasteiger partial charge in [-0.05, 0) is 23.1 Å². The van der Waals surface area contributed by atoms with Crippen molar-refractivity contribution in [2.75, 3.05) is 18.5 Å². The number of anilines is 1. The Hall–Kier alpha value is -4.33. The fourth-order valence-corrected chi connectivity index (χ4v) is 4.77. The van der Waals surface area contributed by atoms with Crippen molar-refractivity contribution in [3.05, 3.63) is 133 Å². The van der Waals surface area contributed by atoms with E-state index in [0.29, 0.717) is 29.9 Å². The molecule has 1 atom stereocenters. The van der Waals surface area contributed by atoms with Crippen LogP contribution in [-0.2, 0) is 16.1 Å². The Balaban J connectivity index is 1.61. The van der Waals surface area contributed by atoms with Gasteiger partial charge in [-0.15, -0.1) is 6.58 Å². The first kappa shape index (κ1) is 25.3. The van der Waals surface area contributed by atoms with Crippen molar-refractivity contribution in [2.24, 2.45) is 0 Å². The maximum Gasteiger partial charge on any atom is 0.167 e. The van der Waals surface area contributed by atoms with Crippen molar-refractivity contribution < 1.29 is 9.84 Å².